The summed E-state index contributed by atoms with van der Waals surface area (Å²) < 4.78 is 10.6. The van der Waals surface area contributed by atoms with E-state index < -0.39 is 0 Å². The number of methoxy groups -OCH3 is 2. The lowest BCUT2D eigenvalue weighted by Gasteiger charge is -2.31. The maximum Gasteiger partial charge on any atom is 0.0540 e. The Labute approximate surface area is 81.6 Å². The second kappa shape index (κ2) is 4.97. The van der Waals surface area contributed by atoms with Crippen LogP contribution in [-0.4, -0.2) is 27.4 Å². The van der Waals surface area contributed by atoms with Crippen LogP contribution < -0.4 is 0 Å². The van der Waals surface area contributed by atoms with Gasteiger partial charge in [-0.05, 0) is 18.8 Å². The third-order valence-corrected chi connectivity index (χ3v) is 3.07. The summed E-state index contributed by atoms with van der Waals surface area (Å²) in [6.45, 7) is 3.92. The molecule has 0 atom stereocenters. The van der Waals surface area contributed by atoms with Gasteiger partial charge in [-0.25, -0.2) is 0 Å². The minimum absolute atomic E-state index is 0.282. The number of hydrogen-bond acceptors (Lipinski definition) is 2. The summed E-state index contributed by atoms with van der Waals surface area (Å²) in [5, 5.41) is 0. The van der Waals surface area contributed by atoms with Gasteiger partial charge >= 0.3 is 0 Å². The molecule has 1 aliphatic rings. The maximum absolute atomic E-state index is 5.30. The van der Waals surface area contributed by atoms with E-state index in [9.17, 15) is 0 Å². The molecule has 2 nitrogen and oxygen atoms in total. The molecule has 0 radical (unpaired) electrons. The van der Waals surface area contributed by atoms with Crippen LogP contribution in [0.2, 0.25) is 0 Å². The van der Waals surface area contributed by atoms with Crippen LogP contribution in [0.1, 0.15) is 32.6 Å². The van der Waals surface area contributed by atoms with Crippen molar-refractivity contribution in [3.8, 4) is 0 Å². The predicted octanol–water partition coefficient (Wildman–Crippen LogP) is 2.48. The van der Waals surface area contributed by atoms with Crippen LogP contribution in [0.4, 0.5) is 0 Å². The van der Waals surface area contributed by atoms with E-state index in [0.717, 1.165) is 25.6 Å². The van der Waals surface area contributed by atoms with Crippen molar-refractivity contribution in [2.45, 2.75) is 32.6 Å². The highest BCUT2D eigenvalue weighted by molar-refractivity contribution is 4.86. The van der Waals surface area contributed by atoms with Crippen molar-refractivity contribution in [1.82, 2.24) is 0 Å². The molecule has 0 aromatic carbocycles. The molecular formula is C11H22O2. The fourth-order valence-electron chi connectivity index (χ4n) is 2.05. The SMILES string of the molecule is CCC(COC)(COC)CC1CC1. The Balaban J connectivity index is 2.44. The van der Waals surface area contributed by atoms with Gasteiger partial charge < -0.3 is 9.47 Å². The lowest BCUT2D eigenvalue weighted by molar-refractivity contribution is -0.00175. The lowest BCUT2D eigenvalue weighted by Crippen LogP contribution is -2.31. The van der Waals surface area contributed by atoms with Crippen LogP contribution in [-0.2, 0) is 9.47 Å². The molecule has 0 saturated heterocycles. The molecule has 1 fully saturated rings. The van der Waals surface area contributed by atoms with Gasteiger partial charge in [0.1, 0.15) is 0 Å². The van der Waals surface area contributed by atoms with Gasteiger partial charge in [0.2, 0.25) is 0 Å². The van der Waals surface area contributed by atoms with Crippen molar-refractivity contribution in [3.05, 3.63) is 0 Å². The van der Waals surface area contributed by atoms with Gasteiger partial charge in [-0.3, -0.25) is 0 Å². The molecular weight excluding hydrogens is 164 g/mol. The molecule has 0 spiro atoms. The monoisotopic (exact) mass is 186 g/mol. The van der Waals surface area contributed by atoms with Gasteiger partial charge in [-0.15, -0.1) is 0 Å². The van der Waals surface area contributed by atoms with Crippen molar-refractivity contribution >= 4 is 0 Å². The summed E-state index contributed by atoms with van der Waals surface area (Å²) in [6.07, 6.45) is 5.26. The second-order valence-corrected chi connectivity index (χ2v) is 4.37. The Morgan fingerprint density at radius 2 is 1.69 bits per heavy atom. The summed E-state index contributed by atoms with van der Waals surface area (Å²) in [6, 6.07) is 0. The fourth-order valence-corrected chi connectivity index (χ4v) is 2.05. The fraction of sp³-hybridized carbons (Fsp3) is 1.00. The smallest absolute Gasteiger partial charge is 0.0540 e. The Bertz CT molecular complexity index is 135. The van der Waals surface area contributed by atoms with Crippen LogP contribution in [0.3, 0.4) is 0 Å². The van der Waals surface area contributed by atoms with E-state index in [2.05, 4.69) is 6.92 Å². The van der Waals surface area contributed by atoms with Crippen molar-refractivity contribution in [1.29, 1.82) is 0 Å². The van der Waals surface area contributed by atoms with E-state index in [1.54, 1.807) is 14.2 Å². The Hall–Kier alpha value is -0.0800. The van der Waals surface area contributed by atoms with Crippen molar-refractivity contribution in [3.63, 3.8) is 0 Å². The minimum atomic E-state index is 0.282. The third kappa shape index (κ3) is 3.28. The van der Waals surface area contributed by atoms with Gasteiger partial charge in [0, 0.05) is 19.6 Å². The third-order valence-electron chi connectivity index (χ3n) is 3.07. The predicted molar refractivity (Wildman–Crippen MR) is 53.8 cm³/mol. The minimum Gasteiger partial charge on any atom is -0.384 e. The van der Waals surface area contributed by atoms with Crippen molar-refractivity contribution in [2.75, 3.05) is 27.4 Å². The van der Waals surface area contributed by atoms with Crippen LogP contribution in [0, 0.1) is 11.3 Å². The molecule has 1 aliphatic carbocycles. The molecule has 0 aliphatic heterocycles. The van der Waals surface area contributed by atoms with E-state index in [0.29, 0.717) is 0 Å². The molecule has 0 bridgehead atoms. The molecule has 0 heterocycles. The van der Waals surface area contributed by atoms with Crippen molar-refractivity contribution in [2.24, 2.45) is 11.3 Å². The zero-order chi connectivity index (χ0) is 9.73. The number of rotatable bonds is 7. The molecule has 1 saturated carbocycles. The number of ether oxygens (including phenoxy) is 2. The quantitative estimate of drug-likeness (QED) is 0.608. The molecule has 0 aromatic heterocycles. The summed E-state index contributed by atoms with van der Waals surface area (Å²) >= 11 is 0. The average Bonchev–Trinajstić information content (AvgIpc) is 2.89. The first kappa shape index (κ1) is 11.0. The van der Waals surface area contributed by atoms with E-state index in [-0.39, 0.29) is 5.41 Å². The van der Waals surface area contributed by atoms with Crippen molar-refractivity contribution < 1.29 is 9.47 Å². The van der Waals surface area contributed by atoms with Crippen LogP contribution in [0.15, 0.2) is 0 Å². The lowest BCUT2D eigenvalue weighted by atomic mass is 9.81. The average molecular weight is 186 g/mol. The van der Waals surface area contributed by atoms with E-state index in [1.807, 2.05) is 0 Å². The highest BCUT2D eigenvalue weighted by Gasteiger charge is 2.35. The standard InChI is InChI=1S/C11H22O2/c1-4-11(8-12-2,9-13-3)7-10-5-6-10/h10H,4-9H2,1-3H3. The molecule has 78 valence electrons. The van der Waals surface area contributed by atoms with Gasteiger partial charge in [0.05, 0.1) is 13.2 Å². The first-order valence-corrected chi connectivity index (χ1v) is 5.24. The maximum atomic E-state index is 5.30. The Kier molecular flexibility index (Phi) is 4.20. The zero-order valence-electron chi connectivity index (χ0n) is 9.14. The summed E-state index contributed by atoms with van der Waals surface area (Å²) in [7, 11) is 3.57. The first-order valence-electron chi connectivity index (χ1n) is 5.24. The normalized spacial score (nSPS) is 17.8. The van der Waals surface area contributed by atoms with E-state index in [1.165, 1.54) is 19.3 Å². The van der Waals surface area contributed by atoms with Gasteiger partial charge in [0.25, 0.3) is 0 Å². The van der Waals surface area contributed by atoms with Crippen LogP contribution >= 0.6 is 0 Å². The molecule has 0 unspecified atom stereocenters. The highest BCUT2D eigenvalue weighted by Crippen LogP contribution is 2.42. The second-order valence-electron chi connectivity index (χ2n) is 4.37. The van der Waals surface area contributed by atoms with Crippen LogP contribution in [0.5, 0.6) is 0 Å². The Morgan fingerprint density at radius 1 is 1.15 bits per heavy atom. The van der Waals surface area contributed by atoms with Crippen LogP contribution in [0.25, 0.3) is 0 Å². The molecule has 2 heteroatoms. The largest absolute Gasteiger partial charge is 0.384 e. The van der Waals surface area contributed by atoms with Gasteiger partial charge in [0.15, 0.2) is 0 Å². The first-order chi connectivity index (χ1) is 6.26. The highest BCUT2D eigenvalue weighted by atomic mass is 16.5. The summed E-state index contributed by atoms with van der Waals surface area (Å²) in [4.78, 5) is 0. The van der Waals surface area contributed by atoms with E-state index >= 15 is 0 Å². The summed E-state index contributed by atoms with van der Waals surface area (Å²) in [5.41, 5.74) is 0.282. The van der Waals surface area contributed by atoms with E-state index in [4.69, 9.17) is 9.47 Å². The zero-order valence-corrected chi connectivity index (χ0v) is 9.14. The molecule has 1 rings (SSSR count). The van der Waals surface area contributed by atoms with Gasteiger partial charge in [-0.1, -0.05) is 19.8 Å². The molecule has 0 aromatic rings. The molecule has 0 N–H and O–H groups in total. The summed E-state index contributed by atoms with van der Waals surface area (Å²) in [5.74, 6) is 0.949. The number of hydrogen-bond donors (Lipinski definition) is 0. The Morgan fingerprint density at radius 3 is 2.00 bits per heavy atom. The topological polar surface area (TPSA) is 18.5 Å². The molecule has 0 amide bonds. The van der Waals surface area contributed by atoms with Gasteiger partial charge in [-0.2, -0.15) is 0 Å². The molecule has 13 heavy (non-hydrogen) atoms.